The normalized spacial score (nSPS) is 10.9. The summed E-state index contributed by atoms with van der Waals surface area (Å²) in [6, 6.07) is 8.28. The molecule has 1 aromatic heterocycles. The van der Waals surface area contributed by atoms with Crippen molar-refractivity contribution in [3.8, 4) is 5.75 Å². The molecule has 0 amide bonds. The first-order chi connectivity index (χ1) is 10.6. The summed E-state index contributed by atoms with van der Waals surface area (Å²) in [5.74, 6) is -0.804. The molecule has 0 atom stereocenters. The first-order valence-corrected chi connectivity index (χ1v) is 6.55. The minimum absolute atomic E-state index is 0.142. The zero-order chi connectivity index (χ0) is 15.7. The number of hydrogen-bond donors (Lipinski definition) is 0. The SMILES string of the molecule is COc1ccc(Cn2cnc3cc(F)ccc3c2=O)cc1F. The molecule has 0 aliphatic rings. The number of halogens is 2. The molecule has 0 bridgehead atoms. The van der Waals surface area contributed by atoms with Gasteiger partial charge in [0.15, 0.2) is 11.6 Å². The zero-order valence-corrected chi connectivity index (χ0v) is 11.7. The van der Waals surface area contributed by atoms with Gasteiger partial charge >= 0.3 is 0 Å². The maximum absolute atomic E-state index is 13.7. The summed E-state index contributed by atoms with van der Waals surface area (Å²) in [5, 5.41) is 0.317. The van der Waals surface area contributed by atoms with Crippen LogP contribution in [0.1, 0.15) is 5.56 Å². The molecule has 2 aromatic carbocycles. The van der Waals surface area contributed by atoms with Crippen molar-refractivity contribution in [2.75, 3.05) is 7.11 Å². The van der Waals surface area contributed by atoms with E-state index in [1.165, 1.54) is 48.3 Å². The van der Waals surface area contributed by atoms with E-state index in [9.17, 15) is 13.6 Å². The molecular weight excluding hydrogens is 290 g/mol. The largest absolute Gasteiger partial charge is 0.494 e. The van der Waals surface area contributed by atoms with Crippen LogP contribution in [0.4, 0.5) is 8.78 Å². The number of benzene rings is 2. The second kappa shape index (κ2) is 5.55. The van der Waals surface area contributed by atoms with Crippen LogP contribution in [0.5, 0.6) is 5.75 Å². The summed E-state index contributed by atoms with van der Waals surface area (Å²) in [5.41, 5.74) is 0.590. The molecule has 3 aromatic rings. The Kier molecular flexibility index (Phi) is 3.58. The molecule has 112 valence electrons. The van der Waals surface area contributed by atoms with Crippen LogP contribution in [0.25, 0.3) is 10.9 Å². The summed E-state index contributed by atoms with van der Waals surface area (Å²) in [4.78, 5) is 16.4. The number of nitrogens with zero attached hydrogens (tertiary/aromatic N) is 2. The Morgan fingerprint density at radius 1 is 1.18 bits per heavy atom. The molecule has 0 fully saturated rings. The van der Waals surface area contributed by atoms with Crippen LogP contribution in [0.2, 0.25) is 0 Å². The Morgan fingerprint density at radius 2 is 2.00 bits per heavy atom. The quantitative estimate of drug-likeness (QED) is 0.747. The lowest BCUT2D eigenvalue weighted by Gasteiger charge is -2.08. The maximum Gasteiger partial charge on any atom is 0.261 e. The van der Waals surface area contributed by atoms with E-state index in [1.54, 1.807) is 6.07 Å². The van der Waals surface area contributed by atoms with Crippen molar-refractivity contribution in [1.29, 1.82) is 0 Å². The maximum atomic E-state index is 13.7. The van der Waals surface area contributed by atoms with Gasteiger partial charge in [-0.05, 0) is 29.8 Å². The van der Waals surface area contributed by atoms with Gasteiger partial charge in [-0.1, -0.05) is 6.07 Å². The Morgan fingerprint density at radius 3 is 2.73 bits per heavy atom. The second-order valence-corrected chi connectivity index (χ2v) is 4.81. The van der Waals surface area contributed by atoms with Crippen molar-refractivity contribution in [3.05, 3.63) is 70.3 Å². The molecule has 0 radical (unpaired) electrons. The topological polar surface area (TPSA) is 44.1 Å². The molecule has 3 rings (SSSR count). The number of ether oxygens (including phenoxy) is 1. The Labute approximate surface area is 124 Å². The Hall–Kier alpha value is -2.76. The van der Waals surface area contributed by atoms with Gasteiger partial charge in [0.2, 0.25) is 0 Å². The predicted molar refractivity (Wildman–Crippen MR) is 78.0 cm³/mol. The Bertz CT molecular complexity index is 906. The third-order valence-corrected chi connectivity index (χ3v) is 3.36. The van der Waals surface area contributed by atoms with E-state index in [0.717, 1.165) is 0 Å². The van der Waals surface area contributed by atoms with Crippen LogP contribution in [0.3, 0.4) is 0 Å². The lowest BCUT2D eigenvalue weighted by molar-refractivity contribution is 0.386. The fourth-order valence-electron chi connectivity index (χ4n) is 2.25. The average molecular weight is 302 g/mol. The molecule has 0 spiro atoms. The minimum atomic E-state index is -0.496. The molecule has 0 aliphatic carbocycles. The van der Waals surface area contributed by atoms with E-state index in [4.69, 9.17) is 4.74 Å². The summed E-state index contributed by atoms with van der Waals surface area (Å²) >= 11 is 0. The smallest absolute Gasteiger partial charge is 0.261 e. The van der Waals surface area contributed by atoms with E-state index in [-0.39, 0.29) is 17.9 Å². The standard InChI is InChI=1S/C16H12F2N2O2/c1-22-15-5-2-10(6-13(15)18)8-20-9-19-14-7-11(17)3-4-12(14)16(20)21/h2-7,9H,8H2,1H3. The van der Waals surface area contributed by atoms with Gasteiger partial charge in [-0.25, -0.2) is 13.8 Å². The van der Waals surface area contributed by atoms with Gasteiger partial charge in [0.1, 0.15) is 5.82 Å². The number of hydrogen-bond acceptors (Lipinski definition) is 3. The summed E-state index contributed by atoms with van der Waals surface area (Å²) in [7, 11) is 1.38. The van der Waals surface area contributed by atoms with E-state index in [2.05, 4.69) is 4.98 Å². The van der Waals surface area contributed by atoms with Gasteiger partial charge in [0, 0.05) is 6.07 Å². The fourth-order valence-corrected chi connectivity index (χ4v) is 2.25. The summed E-state index contributed by atoms with van der Waals surface area (Å²) in [6.45, 7) is 0.167. The lowest BCUT2D eigenvalue weighted by Crippen LogP contribution is -2.21. The van der Waals surface area contributed by atoms with Crippen LogP contribution in [0, 0.1) is 11.6 Å². The summed E-state index contributed by atoms with van der Waals surface area (Å²) in [6.07, 6.45) is 1.33. The molecule has 1 heterocycles. The van der Waals surface area contributed by atoms with Crippen molar-refractivity contribution < 1.29 is 13.5 Å². The van der Waals surface area contributed by atoms with Crippen LogP contribution < -0.4 is 10.3 Å². The monoisotopic (exact) mass is 302 g/mol. The molecule has 22 heavy (non-hydrogen) atoms. The Balaban J connectivity index is 2.01. The van der Waals surface area contributed by atoms with E-state index in [1.807, 2.05) is 0 Å². The first kappa shape index (κ1) is 14.2. The average Bonchev–Trinajstić information content (AvgIpc) is 2.50. The van der Waals surface area contributed by atoms with Crippen LogP contribution in [-0.4, -0.2) is 16.7 Å². The third-order valence-electron chi connectivity index (χ3n) is 3.36. The van der Waals surface area contributed by atoms with Crippen molar-refractivity contribution in [3.63, 3.8) is 0 Å². The van der Waals surface area contributed by atoms with Gasteiger partial charge in [0.05, 0.1) is 30.9 Å². The van der Waals surface area contributed by atoms with Gasteiger partial charge < -0.3 is 4.74 Å². The molecule has 6 heteroatoms. The molecule has 0 saturated heterocycles. The highest BCUT2D eigenvalue weighted by Crippen LogP contribution is 2.18. The fraction of sp³-hybridized carbons (Fsp3) is 0.125. The van der Waals surface area contributed by atoms with Gasteiger partial charge in [-0.15, -0.1) is 0 Å². The van der Waals surface area contributed by atoms with Crippen molar-refractivity contribution in [2.45, 2.75) is 6.54 Å². The minimum Gasteiger partial charge on any atom is -0.494 e. The van der Waals surface area contributed by atoms with Crippen molar-refractivity contribution in [1.82, 2.24) is 9.55 Å². The highest BCUT2D eigenvalue weighted by molar-refractivity contribution is 5.77. The van der Waals surface area contributed by atoms with Crippen LogP contribution in [0.15, 0.2) is 47.5 Å². The van der Waals surface area contributed by atoms with Gasteiger partial charge in [0.25, 0.3) is 5.56 Å². The van der Waals surface area contributed by atoms with Crippen LogP contribution in [-0.2, 0) is 6.54 Å². The number of rotatable bonds is 3. The highest BCUT2D eigenvalue weighted by atomic mass is 19.1. The first-order valence-electron chi connectivity index (χ1n) is 6.55. The van der Waals surface area contributed by atoms with E-state index >= 15 is 0 Å². The molecular formula is C16H12F2N2O2. The summed E-state index contributed by atoms with van der Waals surface area (Å²) < 4.78 is 33.0. The van der Waals surface area contributed by atoms with Gasteiger partial charge in [-0.2, -0.15) is 0 Å². The number of aromatic nitrogens is 2. The van der Waals surface area contributed by atoms with Gasteiger partial charge in [-0.3, -0.25) is 9.36 Å². The number of methoxy groups -OCH3 is 1. The zero-order valence-electron chi connectivity index (χ0n) is 11.7. The molecule has 0 aliphatic heterocycles. The molecule has 4 nitrogen and oxygen atoms in total. The molecule has 0 saturated carbocycles. The van der Waals surface area contributed by atoms with E-state index in [0.29, 0.717) is 16.5 Å². The van der Waals surface area contributed by atoms with Crippen molar-refractivity contribution >= 4 is 10.9 Å². The third kappa shape index (κ3) is 2.55. The van der Waals surface area contributed by atoms with E-state index < -0.39 is 11.6 Å². The number of fused-ring (bicyclic) bond motifs is 1. The second-order valence-electron chi connectivity index (χ2n) is 4.81. The van der Waals surface area contributed by atoms with Crippen molar-refractivity contribution in [2.24, 2.45) is 0 Å². The predicted octanol–water partition coefficient (Wildman–Crippen LogP) is 2.73. The lowest BCUT2D eigenvalue weighted by atomic mass is 10.2. The van der Waals surface area contributed by atoms with Crippen LogP contribution >= 0.6 is 0 Å². The molecule has 0 N–H and O–H groups in total. The highest BCUT2D eigenvalue weighted by Gasteiger charge is 2.08. The molecule has 0 unspecified atom stereocenters.